The Morgan fingerprint density at radius 3 is 2.69 bits per heavy atom. The molecule has 0 spiro atoms. The predicted molar refractivity (Wildman–Crippen MR) is 67.0 cm³/mol. The van der Waals surface area contributed by atoms with Crippen molar-refractivity contribution in [2.24, 2.45) is 17.6 Å². The standard InChI is InChI=1S/C13H26N2O/c1-4-12-6-5-7-15(12)13(16)11(9-14)8-10(2)3/h10-12H,4-9,14H2,1-3H3. The van der Waals surface area contributed by atoms with Gasteiger partial charge in [-0.2, -0.15) is 0 Å². The van der Waals surface area contributed by atoms with E-state index in [0.717, 1.165) is 25.8 Å². The summed E-state index contributed by atoms with van der Waals surface area (Å²) in [5, 5.41) is 0. The second-order valence-electron chi connectivity index (χ2n) is 5.30. The van der Waals surface area contributed by atoms with E-state index >= 15 is 0 Å². The fraction of sp³-hybridized carbons (Fsp3) is 0.923. The molecule has 2 N–H and O–H groups in total. The molecule has 0 radical (unpaired) electrons. The molecule has 0 aromatic heterocycles. The Bertz CT molecular complexity index is 228. The third-order valence-corrected chi connectivity index (χ3v) is 3.52. The highest BCUT2D eigenvalue weighted by Gasteiger charge is 2.31. The summed E-state index contributed by atoms with van der Waals surface area (Å²) in [7, 11) is 0. The van der Waals surface area contributed by atoms with Crippen molar-refractivity contribution >= 4 is 5.91 Å². The number of hydrogen-bond donors (Lipinski definition) is 1. The number of hydrogen-bond acceptors (Lipinski definition) is 2. The number of rotatable bonds is 5. The largest absolute Gasteiger partial charge is 0.339 e. The van der Waals surface area contributed by atoms with Gasteiger partial charge < -0.3 is 10.6 Å². The van der Waals surface area contributed by atoms with Gasteiger partial charge in [0, 0.05) is 19.1 Å². The van der Waals surface area contributed by atoms with E-state index in [1.807, 2.05) is 0 Å². The van der Waals surface area contributed by atoms with Gasteiger partial charge in [0.05, 0.1) is 5.92 Å². The van der Waals surface area contributed by atoms with Crippen LogP contribution in [-0.2, 0) is 4.79 Å². The van der Waals surface area contributed by atoms with E-state index in [4.69, 9.17) is 5.73 Å². The Hall–Kier alpha value is -0.570. The van der Waals surface area contributed by atoms with Crippen molar-refractivity contribution in [3.63, 3.8) is 0 Å². The second kappa shape index (κ2) is 6.24. The molecular formula is C13H26N2O. The van der Waals surface area contributed by atoms with Crippen LogP contribution in [0, 0.1) is 11.8 Å². The molecule has 94 valence electrons. The Kier molecular flexibility index (Phi) is 5.26. The lowest BCUT2D eigenvalue weighted by molar-refractivity contribution is -0.136. The predicted octanol–water partition coefficient (Wildman–Crippen LogP) is 2.01. The minimum Gasteiger partial charge on any atom is -0.339 e. The van der Waals surface area contributed by atoms with Gasteiger partial charge >= 0.3 is 0 Å². The molecule has 1 rings (SSSR count). The van der Waals surface area contributed by atoms with Crippen LogP contribution in [-0.4, -0.2) is 29.9 Å². The molecule has 1 aliphatic heterocycles. The highest BCUT2D eigenvalue weighted by atomic mass is 16.2. The number of nitrogens with zero attached hydrogens (tertiary/aromatic N) is 1. The molecule has 2 atom stereocenters. The van der Waals surface area contributed by atoms with Gasteiger partial charge in [0.2, 0.25) is 5.91 Å². The lowest BCUT2D eigenvalue weighted by Gasteiger charge is -2.28. The maximum atomic E-state index is 12.3. The van der Waals surface area contributed by atoms with Crippen LogP contribution in [0.3, 0.4) is 0 Å². The molecule has 0 aromatic rings. The molecule has 1 aliphatic rings. The zero-order chi connectivity index (χ0) is 12.1. The molecule has 3 nitrogen and oxygen atoms in total. The van der Waals surface area contributed by atoms with E-state index in [0.29, 0.717) is 24.4 Å². The summed E-state index contributed by atoms with van der Waals surface area (Å²) in [5.74, 6) is 0.868. The molecule has 1 fully saturated rings. The summed E-state index contributed by atoms with van der Waals surface area (Å²) in [6, 6.07) is 0.466. The molecule has 0 saturated carbocycles. The first-order chi connectivity index (χ1) is 7.60. The molecule has 0 bridgehead atoms. The Labute approximate surface area is 99.4 Å². The normalized spacial score (nSPS) is 22.8. The van der Waals surface area contributed by atoms with Crippen LogP contribution < -0.4 is 5.73 Å². The smallest absolute Gasteiger partial charge is 0.227 e. The van der Waals surface area contributed by atoms with Crippen LogP contribution in [0.25, 0.3) is 0 Å². The maximum absolute atomic E-state index is 12.3. The monoisotopic (exact) mass is 226 g/mol. The topological polar surface area (TPSA) is 46.3 Å². The molecule has 1 amide bonds. The minimum atomic E-state index is 0.0344. The second-order valence-corrected chi connectivity index (χ2v) is 5.30. The number of likely N-dealkylation sites (tertiary alicyclic amines) is 1. The number of amides is 1. The zero-order valence-electron chi connectivity index (χ0n) is 10.9. The molecule has 1 saturated heterocycles. The van der Waals surface area contributed by atoms with Crippen LogP contribution in [0.1, 0.15) is 46.5 Å². The van der Waals surface area contributed by atoms with Gasteiger partial charge in [-0.3, -0.25) is 4.79 Å². The summed E-state index contributed by atoms with van der Waals surface area (Å²) < 4.78 is 0. The number of carbonyl (C=O) groups excluding carboxylic acids is 1. The van der Waals surface area contributed by atoms with Crippen LogP contribution >= 0.6 is 0 Å². The minimum absolute atomic E-state index is 0.0344. The molecule has 16 heavy (non-hydrogen) atoms. The molecule has 1 heterocycles. The fourth-order valence-corrected chi connectivity index (χ4v) is 2.65. The van der Waals surface area contributed by atoms with Crippen molar-refractivity contribution in [1.29, 1.82) is 0 Å². The van der Waals surface area contributed by atoms with Gasteiger partial charge in [0.1, 0.15) is 0 Å². The highest BCUT2D eigenvalue weighted by molar-refractivity contribution is 5.79. The van der Waals surface area contributed by atoms with E-state index in [9.17, 15) is 4.79 Å². The lowest BCUT2D eigenvalue weighted by atomic mass is 9.95. The SMILES string of the molecule is CCC1CCCN1C(=O)C(CN)CC(C)C. The summed E-state index contributed by atoms with van der Waals surface area (Å²) in [4.78, 5) is 14.4. The first-order valence-electron chi connectivity index (χ1n) is 6.60. The van der Waals surface area contributed by atoms with E-state index in [1.54, 1.807) is 0 Å². The Morgan fingerprint density at radius 1 is 1.50 bits per heavy atom. The maximum Gasteiger partial charge on any atom is 0.227 e. The van der Waals surface area contributed by atoms with E-state index in [2.05, 4.69) is 25.7 Å². The first-order valence-corrected chi connectivity index (χ1v) is 6.60. The van der Waals surface area contributed by atoms with Crippen molar-refractivity contribution in [3.8, 4) is 0 Å². The van der Waals surface area contributed by atoms with Crippen molar-refractivity contribution in [2.75, 3.05) is 13.1 Å². The van der Waals surface area contributed by atoms with Crippen LogP contribution in [0.15, 0.2) is 0 Å². The Morgan fingerprint density at radius 2 is 2.19 bits per heavy atom. The van der Waals surface area contributed by atoms with Crippen molar-refractivity contribution < 1.29 is 4.79 Å². The van der Waals surface area contributed by atoms with Gasteiger partial charge in [0.15, 0.2) is 0 Å². The number of nitrogens with two attached hydrogens (primary N) is 1. The summed E-state index contributed by atoms with van der Waals surface area (Å²) in [6.07, 6.45) is 4.32. The highest BCUT2D eigenvalue weighted by Crippen LogP contribution is 2.23. The lowest BCUT2D eigenvalue weighted by Crippen LogP contribution is -2.42. The van der Waals surface area contributed by atoms with Gasteiger partial charge in [-0.05, 0) is 31.6 Å². The van der Waals surface area contributed by atoms with Gasteiger partial charge in [0.25, 0.3) is 0 Å². The van der Waals surface area contributed by atoms with Crippen LogP contribution in [0.5, 0.6) is 0 Å². The van der Waals surface area contributed by atoms with Crippen molar-refractivity contribution in [3.05, 3.63) is 0 Å². The summed E-state index contributed by atoms with van der Waals surface area (Å²) in [5.41, 5.74) is 5.73. The van der Waals surface area contributed by atoms with Crippen molar-refractivity contribution in [2.45, 2.75) is 52.5 Å². The van der Waals surface area contributed by atoms with Crippen LogP contribution in [0.2, 0.25) is 0 Å². The van der Waals surface area contributed by atoms with E-state index < -0.39 is 0 Å². The van der Waals surface area contributed by atoms with E-state index in [-0.39, 0.29) is 5.92 Å². The van der Waals surface area contributed by atoms with Crippen molar-refractivity contribution in [1.82, 2.24) is 4.90 Å². The van der Waals surface area contributed by atoms with Gasteiger partial charge in [-0.15, -0.1) is 0 Å². The molecule has 0 aliphatic carbocycles. The first kappa shape index (κ1) is 13.5. The third kappa shape index (κ3) is 3.21. The van der Waals surface area contributed by atoms with E-state index in [1.165, 1.54) is 6.42 Å². The average Bonchev–Trinajstić information content (AvgIpc) is 2.72. The van der Waals surface area contributed by atoms with Gasteiger partial charge in [-0.25, -0.2) is 0 Å². The zero-order valence-corrected chi connectivity index (χ0v) is 10.9. The Balaban J connectivity index is 2.59. The molecular weight excluding hydrogens is 200 g/mol. The quantitative estimate of drug-likeness (QED) is 0.779. The average molecular weight is 226 g/mol. The fourth-order valence-electron chi connectivity index (χ4n) is 2.65. The van der Waals surface area contributed by atoms with Gasteiger partial charge in [-0.1, -0.05) is 20.8 Å². The summed E-state index contributed by atoms with van der Waals surface area (Å²) in [6.45, 7) is 7.89. The number of carbonyl (C=O) groups is 1. The van der Waals surface area contributed by atoms with Crippen LogP contribution in [0.4, 0.5) is 0 Å². The summed E-state index contributed by atoms with van der Waals surface area (Å²) >= 11 is 0. The third-order valence-electron chi connectivity index (χ3n) is 3.52. The molecule has 0 aromatic carbocycles. The molecule has 3 heteroatoms. The molecule has 2 unspecified atom stereocenters.